The molecule has 3 rings (SSSR count). The van der Waals surface area contributed by atoms with Gasteiger partial charge in [-0.25, -0.2) is 14.5 Å². The van der Waals surface area contributed by atoms with E-state index in [1.54, 1.807) is 17.0 Å². The van der Waals surface area contributed by atoms with E-state index in [9.17, 15) is 22.8 Å². The highest BCUT2D eigenvalue weighted by Gasteiger charge is 2.30. The molecule has 230 valence electrons. The molecule has 1 N–H and O–H groups in total. The van der Waals surface area contributed by atoms with Crippen LogP contribution < -0.4 is 14.2 Å². The van der Waals surface area contributed by atoms with Crippen LogP contribution in [-0.4, -0.2) is 74.9 Å². The van der Waals surface area contributed by atoms with Crippen molar-refractivity contribution >= 4 is 39.5 Å². The number of rotatable bonds is 14. The van der Waals surface area contributed by atoms with Gasteiger partial charge in [0.1, 0.15) is 22.2 Å². The molecule has 0 atom stereocenters. The molecule has 1 heterocycles. The number of methoxy groups -OCH3 is 3. The first-order valence-electron chi connectivity index (χ1n) is 13.1. The molecule has 14 heteroatoms. The second-order valence-electron chi connectivity index (χ2n) is 9.17. The van der Waals surface area contributed by atoms with Crippen LogP contribution in [0.5, 0.6) is 11.5 Å². The predicted molar refractivity (Wildman–Crippen MR) is 162 cm³/mol. The van der Waals surface area contributed by atoms with Gasteiger partial charge in [0.05, 0.1) is 34.4 Å². The Morgan fingerprint density at radius 2 is 1.72 bits per heavy atom. The van der Waals surface area contributed by atoms with Crippen molar-refractivity contribution in [3.63, 3.8) is 0 Å². The second-order valence-corrected chi connectivity index (χ2v) is 11.7. The normalized spacial score (nSPS) is 10.9. The van der Waals surface area contributed by atoms with E-state index in [-0.39, 0.29) is 18.1 Å². The summed E-state index contributed by atoms with van der Waals surface area (Å²) >= 11 is 1.09. The number of aromatic nitrogens is 1. The van der Waals surface area contributed by atoms with E-state index in [4.69, 9.17) is 9.47 Å². The number of amides is 3. The molecule has 3 amide bonds. The number of hydrogen-bond acceptors (Lipinski definition) is 10. The SMILES string of the molecule is C=CCN(C(=O)OC)S(=O)(=O)NC(=O)c1csc(CN(CCCc2ccccc2)C(=O)c2cc(OC)c(C)c(OC)c2)n1. The Bertz CT molecular complexity index is 1530. The molecule has 0 aliphatic rings. The van der Waals surface area contributed by atoms with Gasteiger partial charge < -0.3 is 19.1 Å². The first-order chi connectivity index (χ1) is 20.5. The van der Waals surface area contributed by atoms with Crippen molar-refractivity contribution in [1.82, 2.24) is 18.9 Å². The fourth-order valence-corrected chi connectivity index (χ4v) is 5.94. The number of aryl methyl sites for hydroxylation is 1. The average Bonchev–Trinajstić information content (AvgIpc) is 3.48. The van der Waals surface area contributed by atoms with Gasteiger partial charge in [-0.05, 0) is 37.5 Å². The van der Waals surface area contributed by atoms with Gasteiger partial charge in [-0.2, -0.15) is 12.7 Å². The lowest BCUT2D eigenvalue weighted by Crippen LogP contribution is -2.46. The van der Waals surface area contributed by atoms with E-state index in [0.717, 1.165) is 36.0 Å². The first kappa shape index (κ1) is 33.1. The lowest BCUT2D eigenvalue weighted by molar-refractivity contribution is 0.0740. The minimum Gasteiger partial charge on any atom is -0.496 e. The standard InChI is InChI=1S/C29H34N4O8S2/c1-6-14-33(29(36)41-5)43(37,38)31-27(34)23-19-42-26(30-23)18-32(15-10-13-21-11-8-7-9-12-21)28(35)22-16-24(39-3)20(2)25(17-22)40-4/h6-9,11-12,16-17,19H,1,10,13-15,18H2,2-5H3,(H,31,34). The van der Waals surface area contributed by atoms with Gasteiger partial charge in [0.2, 0.25) is 0 Å². The number of carbonyl (C=O) groups is 3. The molecule has 0 saturated heterocycles. The Morgan fingerprint density at radius 3 is 2.30 bits per heavy atom. The predicted octanol–water partition coefficient (Wildman–Crippen LogP) is 3.97. The van der Waals surface area contributed by atoms with Gasteiger partial charge in [-0.3, -0.25) is 9.59 Å². The lowest BCUT2D eigenvalue weighted by Gasteiger charge is -2.23. The van der Waals surface area contributed by atoms with Crippen molar-refractivity contribution in [2.24, 2.45) is 0 Å². The molecule has 3 aromatic rings. The summed E-state index contributed by atoms with van der Waals surface area (Å²) in [6.07, 6.45) is 1.37. The van der Waals surface area contributed by atoms with Crippen molar-refractivity contribution in [3.05, 3.63) is 87.9 Å². The zero-order valence-corrected chi connectivity index (χ0v) is 26.0. The van der Waals surface area contributed by atoms with Crippen LogP contribution in [0.15, 0.2) is 60.5 Å². The van der Waals surface area contributed by atoms with Crippen molar-refractivity contribution in [2.75, 3.05) is 34.4 Å². The molecule has 2 aromatic carbocycles. The molecule has 0 aliphatic heterocycles. The van der Waals surface area contributed by atoms with Crippen molar-refractivity contribution in [2.45, 2.75) is 26.3 Å². The number of hydrogen-bond donors (Lipinski definition) is 1. The number of nitrogens with zero attached hydrogens (tertiary/aromatic N) is 3. The summed E-state index contributed by atoms with van der Waals surface area (Å²) in [5.41, 5.74) is 2.04. The van der Waals surface area contributed by atoms with E-state index < -0.39 is 28.8 Å². The van der Waals surface area contributed by atoms with Crippen molar-refractivity contribution in [1.29, 1.82) is 0 Å². The maximum Gasteiger partial charge on any atom is 0.424 e. The molecular formula is C29H34N4O8S2. The summed E-state index contributed by atoms with van der Waals surface area (Å²) in [6, 6.07) is 13.2. The van der Waals surface area contributed by atoms with Crippen LogP contribution in [0.3, 0.4) is 0 Å². The number of thiazole rings is 1. The summed E-state index contributed by atoms with van der Waals surface area (Å²) in [5, 5.41) is 1.78. The van der Waals surface area contributed by atoms with E-state index in [2.05, 4.69) is 16.3 Å². The summed E-state index contributed by atoms with van der Waals surface area (Å²) < 4.78 is 42.8. The van der Waals surface area contributed by atoms with Gasteiger partial charge in [-0.15, -0.1) is 17.9 Å². The minimum absolute atomic E-state index is 0.0571. The Hall–Kier alpha value is -4.43. The van der Waals surface area contributed by atoms with E-state index in [0.29, 0.717) is 39.3 Å². The molecule has 0 radical (unpaired) electrons. The summed E-state index contributed by atoms with van der Waals surface area (Å²) in [7, 11) is -0.562. The van der Waals surface area contributed by atoms with Crippen LogP contribution in [0.2, 0.25) is 0 Å². The monoisotopic (exact) mass is 630 g/mol. The Balaban J connectivity index is 1.84. The van der Waals surface area contributed by atoms with Crippen LogP contribution >= 0.6 is 11.3 Å². The van der Waals surface area contributed by atoms with Gasteiger partial charge in [0, 0.05) is 23.1 Å². The average molecular weight is 631 g/mol. The molecular weight excluding hydrogens is 596 g/mol. The molecule has 0 bridgehead atoms. The van der Waals surface area contributed by atoms with Crippen molar-refractivity contribution < 1.29 is 37.0 Å². The molecule has 0 unspecified atom stereocenters. The van der Waals surface area contributed by atoms with Gasteiger partial charge in [0.15, 0.2) is 0 Å². The molecule has 43 heavy (non-hydrogen) atoms. The van der Waals surface area contributed by atoms with E-state index >= 15 is 0 Å². The highest BCUT2D eigenvalue weighted by Crippen LogP contribution is 2.30. The molecule has 1 aromatic heterocycles. The number of nitrogens with one attached hydrogen (secondary N) is 1. The maximum atomic E-state index is 13.8. The van der Waals surface area contributed by atoms with Crippen LogP contribution in [0.1, 0.15) is 43.4 Å². The molecule has 0 aliphatic carbocycles. The lowest BCUT2D eigenvalue weighted by atomic mass is 10.1. The van der Waals surface area contributed by atoms with Gasteiger partial charge in [-0.1, -0.05) is 36.4 Å². The van der Waals surface area contributed by atoms with E-state index in [1.165, 1.54) is 25.7 Å². The summed E-state index contributed by atoms with van der Waals surface area (Å²) in [6.45, 7) is 5.26. The van der Waals surface area contributed by atoms with Crippen molar-refractivity contribution in [3.8, 4) is 11.5 Å². The number of benzene rings is 2. The summed E-state index contributed by atoms with van der Waals surface area (Å²) in [5.74, 6) is -0.348. The fraction of sp³-hybridized carbons (Fsp3) is 0.310. The topological polar surface area (TPSA) is 144 Å². The Kier molecular flexibility index (Phi) is 11.7. The molecule has 0 spiro atoms. The smallest absolute Gasteiger partial charge is 0.424 e. The summed E-state index contributed by atoms with van der Waals surface area (Å²) in [4.78, 5) is 44.3. The molecule has 0 fully saturated rings. The molecule has 0 saturated carbocycles. The first-order valence-corrected chi connectivity index (χ1v) is 15.4. The third-order valence-corrected chi connectivity index (χ3v) is 8.47. The van der Waals surface area contributed by atoms with Gasteiger partial charge >= 0.3 is 16.3 Å². The van der Waals surface area contributed by atoms with E-state index in [1.807, 2.05) is 42.0 Å². The van der Waals surface area contributed by atoms with Crippen LogP contribution in [0, 0.1) is 6.92 Å². The largest absolute Gasteiger partial charge is 0.496 e. The third kappa shape index (κ3) is 8.55. The van der Waals surface area contributed by atoms with Crippen LogP contribution in [-0.2, 0) is 27.9 Å². The Morgan fingerprint density at radius 1 is 1.07 bits per heavy atom. The van der Waals surface area contributed by atoms with Crippen LogP contribution in [0.25, 0.3) is 0 Å². The highest BCUT2D eigenvalue weighted by molar-refractivity contribution is 7.88. The Labute approximate surface area is 255 Å². The van der Waals surface area contributed by atoms with Gasteiger partial charge in [0.25, 0.3) is 11.8 Å². The quantitative estimate of drug-likeness (QED) is 0.262. The minimum atomic E-state index is -4.60. The molecule has 12 nitrogen and oxygen atoms in total. The number of ether oxygens (including phenoxy) is 3. The fourth-order valence-electron chi connectivity index (χ4n) is 4.13. The zero-order valence-electron chi connectivity index (χ0n) is 24.4. The second kappa shape index (κ2) is 15.2. The number of carbonyl (C=O) groups excluding carboxylic acids is 3. The zero-order chi connectivity index (χ0) is 31.6. The van der Waals surface area contributed by atoms with Crippen LogP contribution in [0.4, 0.5) is 4.79 Å². The third-order valence-electron chi connectivity index (χ3n) is 6.32. The maximum absolute atomic E-state index is 13.8. The highest BCUT2D eigenvalue weighted by atomic mass is 32.2.